The third-order valence-electron chi connectivity index (χ3n) is 4.26. The minimum absolute atomic E-state index is 0.626. The fraction of sp³-hybridized carbons (Fsp3) is 0.353. The molecule has 114 valence electrons. The number of fused-ring (bicyclic) bond motifs is 1. The summed E-state index contributed by atoms with van der Waals surface area (Å²) < 4.78 is 2.20. The predicted molar refractivity (Wildman–Crippen MR) is 96.2 cm³/mol. The third-order valence-corrected chi connectivity index (χ3v) is 6.67. The number of thiophene rings is 1. The summed E-state index contributed by atoms with van der Waals surface area (Å²) in [6, 6.07) is 12.6. The summed E-state index contributed by atoms with van der Waals surface area (Å²) in [6.07, 6.45) is 2.41. The van der Waals surface area contributed by atoms with Crippen molar-refractivity contribution in [3.05, 3.63) is 50.6 Å². The number of thiazole rings is 1. The van der Waals surface area contributed by atoms with Gasteiger partial charge in [-0.15, -0.1) is 22.7 Å². The van der Waals surface area contributed by atoms with E-state index < -0.39 is 0 Å². The fourth-order valence-corrected chi connectivity index (χ4v) is 5.33. The van der Waals surface area contributed by atoms with Crippen LogP contribution in [0.15, 0.2) is 36.4 Å². The number of benzene rings is 1. The van der Waals surface area contributed by atoms with Gasteiger partial charge in [-0.05, 0) is 50.2 Å². The first-order valence-corrected chi connectivity index (χ1v) is 9.61. The highest BCUT2D eigenvalue weighted by Crippen LogP contribution is 2.34. The van der Waals surface area contributed by atoms with Crippen molar-refractivity contribution in [1.29, 1.82) is 0 Å². The summed E-state index contributed by atoms with van der Waals surface area (Å²) in [5, 5.41) is 1.32. The molecule has 0 N–H and O–H groups in total. The molecule has 1 saturated heterocycles. The van der Waals surface area contributed by atoms with Crippen LogP contribution in [0.5, 0.6) is 0 Å². The largest absolute Gasteiger partial charge is 0.298 e. The van der Waals surface area contributed by atoms with Crippen LogP contribution in [0.3, 0.4) is 0 Å². The van der Waals surface area contributed by atoms with Crippen molar-refractivity contribution in [3.8, 4) is 0 Å². The molecule has 1 fully saturated rings. The molecule has 3 aromatic rings. The molecule has 0 atom stereocenters. The Morgan fingerprint density at radius 3 is 2.64 bits per heavy atom. The van der Waals surface area contributed by atoms with Gasteiger partial charge in [0.1, 0.15) is 0 Å². The van der Waals surface area contributed by atoms with Crippen LogP contribution >= 0.6 is 34.3 Å². The maximum Gasteiger partial charge on any atom is 0.0970 e. The molecule has 5 heteroatoms. The van der Waals surface area contributed by atoms with Gasteiger partial charge in [0.15, 0.2) is 0 Å². The molecule has 0 saturated carbocycles. The van der Waals surface area contributed by atoms with Gasteiger partial charge in [0.25, 0.3) is 0 Å². The van der Waals surface area contributed by atoms with Gasteiger partial charge in [-0.3, -0.25) is 4.90 Å². The van der Waals surface area contributed by atoms with Gasteiger partial charge in [-0.2, -0.15) is 0 Å². The Kier molecular flexibility index (Phi) is 4.18. The average Bonchev–Trinajstić information content (AvgIpc) is 3.14. The quantitative estimate of drug-likeness (QED) is 0.630. The monoisotopic (exact) mass is 348 g/mol. The van der Waals surface area contributed by atoms with Crippen LogP contribution in [-0.4, -0.2) is 23.0 Å². The van der Waals surface area contributed by atoms with Gasteiger partial charge >= 0.3 is 0 Å². The Hall–Kier alpha value is -0.940. The highest BCUT2D eigenvalue weighted by molar-refractivity contribution is 7.18. The van der Waals surface area contributed by atoms with Crippen molar-refractivity contribution in [1.82, 2.24) is 9.88 Å². The number of para-hydroxylation sites is 1. The molecule has 0 bridgehead atoms. The second-order valence-electron chi connectivity index (χ2n) is 5.78. The van der Waals surface area contributed by atoms with Crippen molar-refractivity contribution in [2.75, 3.05) is 13.1 Å². The molecule has 0 spiro atoms. The van der Waals surface area contributed by atoms with Crippen LogP contribution in [0.25, 0.3) is 10.2 Å². The van der Waals surface area contributed by atoms with E-state index in [1.54, 1.807) is 11.3 Å². The maximum atomic E-state index is 6.01. The van der Waals surface area contributed by atoms with Crippen molar-refractivity contribution in [3.63, 3.8) is 0 Å². The van der Waals surface area contributed by atoms with Gasteiger partial charge < -0.3 is 0 Å². The van der Waals surface area contributed by atoms with Crippen molar-refractivity contribution < 1.29 is 0 Å². The number of hydrogen-bond donors (Lipinski definition) is 0. The van der Waals surface area contributed by atoms with Crippen LogP contribution < -0.4 is 0 Å². The minimum Gasteiger partial charge on any atom is -0.298 e. The van der Waals surface area contributed by atoms with E-state index in [0.717, 1.165) is 29.5 Å². The van der Waals surface area contributed by atoms with E-state index in [2.05, 4.69) is 35.2 Å². The first-order chi connectivity index (χ1) is 10.8. The molecule has 4 rings (SSSR count). The number of rotatable bonds is 3. The van der Waals surface area contributed by atoms with Crippen LogP contribution in [0.2, 0.25) is 4.34 Å². The molecule has 22 heavy (non-hydrogen) atoms. The van der Waals surface area contributed by atoms with E-state index in [1.807, 2.05) is 17.4 Å². The molecule has 1 aliphatic rings. The molecule has 0 unspecified atom stereocenters. The maximum absolute atomic E-state index is 6.01. The predicted octanol–water partition coefficient (Wildman–Crippen LogP) is 5.39. The molecule has 2 nitrogen and oxygen atoms in total. The summed E-state index contributed by atoms with van der Waals surface area (Å²) in [5.74, 6) is 0.626. The number of hydrogen-bond acceptors (Lipinski definition) is 4. The van der Waals surface area contributed by atoms with Crippen molar-refractivity contribution in [2.45, 2.75) is 25.3 Å². The summed E-state index contributed by atoms with van der Waals surface area (Å²) in [7, 11) is 0. The summed E-state index contributed by atoms with van der Waals surface area (Å²) in [5.41, 5.74) is 1.15. The third kappa shape index (κ3) is 3.06. The lowest BCUT2D eigenvalue weighted by molar-refractivity contribution is 0.206. The van der Waals surface area contributed by atoms with Crippen LogP contribution in [-0.2, 0) is 6.54 Å². The normalized spacial score (nSPS) is 17.3. The number of likely N-dealkylation sites (tertiary alicyclic amines) is 1. The molecular formula is C17H17ClN2S2. The average molecular weight is 349 g/mol. The number of aromatic nitrogens is 1. The van der Waals surface area contributed by atoms with E-state index in [9.17, 15) is 0 Å². The van der Waals surface area contributed by atoms with Gasteiger partial charge in [-0.25, -0.2) is 4.98 Å². The smallest absolute Gasteiger partial charge is 0.0970 e. The first-order valence-electron chi connectivity index (χ1n) is 7.60. The topological polar surface area (TPSA) is 16.1 Å². The highest BCUT2D eigenvalue weighted by atomic mass is 35.5. The first kappa shape index (κ1) is 14.6. The minimum atomic E-state index is 0.626. The summed E-state index contributed by atoms with van der Waals surface area (Å²) in [4.78, 5) is 8.73. The van der Waals surface area contributed by atoms with Gasteiger partial charge in [0.05, 0.1) is 19.6 Å². The standard InChI is InChI=1S/C17H17ClN2S2/c18-16-6-5-13(21-16)11-20-9-7-12(8-10-20)17-19-14-3-1-2-4-15(14)22-17/h1-6,12H,7-11H2. The number of halogens is 1. The Bertz CT molecular complexity index is 739. The van der Waals surface area contributed by atoms with E-state index in [-0.39, 0.29) is 0 Å². The lowest BCUT2D eigenvalue weighted by Crippen LogP contribution is -2.32. The molecule has 3 heterocycles. The van der Waals surface area contributed by atoms with E-state index in [1.165, 1.54) is 27.4 Å². The molecule has 1 aliphatic heterocycles. The molecule has 0 aliphatic carbocycles. The SMILES string of the molecule is Clc1ccc(CN2CCC(c3nc4ccccc4s3)CC2)s1. The molecule has 0 radical (unpaired) electrons. The number of nitrogens with zero attached hydrogens (tertiary/aromatic N) is 2. The van der Waals surface area contributed by atoms with Crippen LogP contribution in [0.4, 0.5) is 0 Å². The summed E-state index contributed by atoms with van der Waals surface area (Å²) >= 11 is 9.58. The van der Waals surface area contributed by atoms with Crippen molar-refractivity contribution in [2.24, 2.45) is 0 Å². The fourth-order valence-electron chi connectivity index (χ4n) is 3.06. The molecule has 0 amide bonds. The molecule has 1 aromatic carbocycles. The zero-order chi connectivity index (χ0) is 14.9. The Labute approximate surface area is 143 Å². The van der Waals surface area contributed by atoms with Gasteiger partial charge in [0.2, 0.25) is 0 Å². The lowest BCUT2D eigenvalue weighted by atomic mass is 9.97. The zero-order valence-electron chi connectivity index (χ0n) is 12.2. The Morgan fingerprint density at radius 2 is 1.91 bits per heavy atom. The van der Waals surface area contributed by atoms with Crippen LogP contribution in [0, 0.1) is 0 Å². The number of piperidine rings is 1. The Balaban J connectivity index is 1.40. The lowest BCUT2D eigenvalue weighted by Gasteiger charge is -2.30. The second-order valence-corrected chi connectivity index (χ2v) is 8.64. The van der Waals surface area contributed by atoms with Crippen molar-refractivity contribution >= 4 is 44.5 Å². The summed E-state index contributed by atoms with van der Waals surface area (Å²) in [6.45, 7) is 3.33. The van der Waals surface area contributed by atoms with Crippen LogP contribution in [0.1, 0.15) is 28.6 Å². The zero-order valence-corrected chi connectivity index (χ0v) is 14.6. The molecular weight excluding hydrogens is 332 g/mol. The second kappa shape index (κ2) is 6.28. The van der Waals surface area contributed by atoms with E-state index in [0.29, 0.717) is 5.92 Å². The Morgan fingerprint density at radius 1 is 1.09 bits per heavy atom. The van der Waals surface area contributed by atoms with E-state index in [4.69, 9.17) is 16.6 Å². The van der Waals surface area contributed by atoms with Gasteiger partial charge in [-0.1, -0.05) is 23.7 Å². The van der Waals surface area contributed by atoms with E-state index >= 15 is 0 Å². The highest BCUT2D eigenvalue weighted by Gasteiger charge is 2.23. The molecule has 2 aromatic heterocycles. The van der Waals surface area contributed by atoms with Gasteiger partial charge in [0, 0.05) is 17.3 Å².